The Morgan fingerprint density at radius 1 is 1.00 bits per heavy atom. The Hall–Kier alpha value is -4.10. The minimum absolute atomic E-state index is 0.00944. The molecule has 2 aromatic rings. The molecule has 3 heterocycles. The second-order valence-electron chi connectivity index (χ2n) is 12.7. The Labute approximate surface area is 300 Å². The highest BCUT2D eigenvalue weighted by atomic mass is 32.2. The van der Waals surface area contributed by atoms with Crippen LogP contribution >= 0.6 is 0 Å². The molecule has 2 aliphatic rings. The smallest absolute Gasteiger partial charge is 0.356 e. The molecule has 2 unspecified atom stereocenters. The highest BCUT2D eigenvalue weighted by Gasteiger charge is 2.39. The number of hydrogen-bond donors (Lipinski definition) is 5. The molecule has 2 fully saturated rings. The Balaban J connectivity index is 1.29. The molecule has 0 bridgehead atoms. The highest BCUT2D eigenvalue weighted by Crippen LogP contribution is 2.34. The van der Waals surface area contributed by atoms with Crippen molar-refractivity contribution < 1.29 is 44.1 Å². The minimum atomic E-state index is -4.83. The van der Waals surface area contributed by atoms with E-state index in [0.717, 1.165) is 5.56 Å². The van der Waals surface area contributed by atoms with E-state index in [9.17, 15) is 39.6 Å². The molecule has 2 aliphatic heterocycles. The van der Waals surface area contributed by atoms with Crippen LogP contribution in [0, 0.1) is 17.2 Å². The molecule has 0 saturated carbocycles. The molecule has 286 valence electrons. The van der Waals surface area contributed by atoms with E-state index < -0.39 is 61.6 Å². The number of rotatable bonds is 16. The van der Waals surface area contributed by atoms with Gasteiger partial charge >= 0.3 is 6.18 Å². The van der Waals surface area contributed by atoms with Crippen LogP contribution < -0.4 is 30.9 Å². The van der Waals surface area contributed by atoms with E-state index >= 15 is 0 Å². The van der Waals surface area contributed by atoms with Crippen LogP contribution in [-0.4, -0.2) is 106 Å². The van der Waals surface area contributed by atoms with Gasteiger partial charge < -0.3 is 26.2 Å². The van der Waals surface area contributed by atoms with Crippen molar-refractivity contribution in [3.8, 4) is 6.07 Å². The number of hydrogen-bond acceptors (Lipinski definition) is 12. The zero-order valence-corrected chi connectivity index (χ0v) is 29.8. The minimum Gasteiger partial charge on any atom is -0.356 e. The van der Waals surface area contributed by atoms with E-state index in [1.807, 2.05) is 6.07 Å². The first-order chi connectivity index (χ1) is 24.4. The van der Waals surface area contributed by atoms with Gasteiger partial charge in [0.2, 0.25) is 27.7 Å². The lowest BCUT2D eigenvalue weighted by Crippen LogP contribution is -2.46. The SMILES string of the molecule is N#Cc1ccc(CCNC(=O)C2CCCN2c2cc(N3CCC(CCNS(=O)(=O)CCNC(=O)C(N)CS(=O)(=O)O)CC3)nc(C(F)(F)F)n2)cc1. The summed E-state index contributed by atoms with van der Waals surface area (Å²) in [5, 5.41) is 14.0. The molecule has 1 aromatic carbocycles. The van der Waals surface area contributed by atoms with Crippen molar-refractivity contribution >= 4 is 43.6 Å². The highest BCUT2D eigenvalue weighted by molar-refractivity contribution is 7.89. The predicted octanol–water partition coefficient (Wildman–Crippen LogP) is 0.552. The summed E-state index contributed by atoms with van der Waals surface area (Å²) in [6.45, 7) is 1.12. The fraction of sp³-hybridized carbons (Fsp3) is 0.581. The third kappa shape index (κ3) is 12.3. The van der Waals surface area contributed by atoms with Crippen LogP contribution in [0.4, 0.5) is 24.8 Å². The van der Waals surface area contributed by atoms with Gasteiger partial charge in [-0.3, -0.25) is 14.1 Å². The molecular formula is C31H42F3N9O7S2. The molecule has 52 heavy (non-hydrogen) atoms. The Bertz CT molecular complexity index is 1820. The monoisotopic (exact) mass is 773 g/mol. The van der Waals surface area contributed by atoms with Crippen molar-refractivity contribution in [2.45, 2.75) is 56.8 Å². The van der Waals surface area contributed by atoms with Crippen molar-refractivity contribution in [2.24, 2.45) is 11.7 Å². The lowest BCUT2D eigenvalue weighted by molar-refractivity contribution is -0.144. The summed E-state index contributed by atoms with van der Waals surface area (Å²) in [6, 6.07) is 8.21. The Morgan fingerprint density at radius 2 is 1.67 bits per heavy atom. The number of nitrogens with zero attached hydrogens (tertiary/aromatic N) is 5. The number of alkyl halides is 3. The standard InChI is InChI=1S/C31H42F3N9O7S2/c32-31(33,34)30-40-26(18-27(41-30)43-14-1-2-25(43)29(45)37-11-7-21-3-5-23(19-35)6-4-21)42-15-9-22(10-16-42)8-12-39-51(46,47)17-13-38-28(44)24(36)20-52(48,49)50/h3-6,18,22,24-25,39H,1-2,7-17,20,36H2,(H,37,45)(H,38,44)(H,48,49,50). The summed E-state index contributed by atoms with van der Waals surface area (Å²) in [4.78, 5) is 35.9. The molecule has 16 nitrogen and oxygen atoms in total. The van der Waals surface area contributed by atoms with Gasteiger partial charge in [0, 0.05) is 45.3 Å². The van der Waals surface area contributed by atoms with Crippen molar-refractivity contribution in [2.75, 3.05) is 60.6 Å². The van der Waals surface area contributed by atoms with Crippen LogP contribution in [0.1, 0.15) is 49.1 Å². The van der Waals surface area contributed by atoms with E-state index in [-0.39, 0.29) is 36.6 Å². The Morgan fingerprint density at radius 3 is 2.31 bits per heavy atom. The number of nitrogens with two attached hydrogens (primary N) is 1. The molecule has 1 aromatic heterocycles. The number of amides is 2. The van der Waals surface area contributed by atoms with Gasteiger partial charge in [-0.05, 0) is 62.1 Å². The first kappa shape index (κ1) is 40.7. The molecule has 0 spiro atoms. The zero-order chi connectivity index (χ0) is 38.1. The zero-order valence-electron chi connectivity index (χ0n) is 28.2. The number of carbonyl (C=O) groups excluding carboxylic acids is 2. The molecule has 0 radical (unpaired) electrons. The third-order valence-electron chi connectivity index (χ3n) is 8.81. The van der Waals surface area contributed by atoms with E-state index in [1.54, 1.807) is 34.1 Å². The molecule has 4 rings (SSSR count). The summed E-state index contributed by atoms with van der Waals surface area (Å²) in [5.41, 5.74) is 6.82. The topological polar surface area (TPSA) is 241 Å². The molecule has 6 N–H and O–H groups in total. The van der Waals surface area contributed by atoms with Crippen LogP contribution in [0.2, 0.25) is 0 Å². The number of carbonyl (C=O) groups is 2. The lowest BCUT2D eigenvalue weighted by Gasteiger charge is -2.34. The van der Waals surface area contributed by atoms with E-state index in [1.165, 1.54) is 6.07 Å². The van der Waals surface area contributed by atoms with Crippen molar-refractivity contribution in [1.29, 1.82) is 5.26 Å². The number of benzene rings is 1. The predicted molar refractivity (Wildman–Crippen MR) is 184 cm³/mol. The summed E-state index contributed by atoms with van der Waals surface area (Å²) in [7, 11) is -8.29. The van der Waals surface area contributed by atoms with Gasteiger partial charge in [0.1, 0.15) is 23.7 Å². The number of piperidine rings is 1. The Kier molecular flexibility index (Phi) is 13.8. The average molecular weight is 774 g/mol. The summed E-state index contributed by atoms with van der Waals surface area (Å²) < 4.78 is 99.6. The van der Waals surface area contributed by atoms with Crippen LogP contribution in [0.25, 0.3) is 0 Å². The number of nitrogens with one attached hydrogen (secondary N) is 3. The van der Waals surface area contributed by atoms with Crippen LogP contribution in [-0.2, 0) is 42.3 Å². The number of anilines is 2. The summed E-state index contributed by atoms with van der Waals surface area (Å²) in [6.07, 6.45) is -1.72. The average Bonchev–Trinajstić information content (AvgIpc) is 3.58. The lowest BCUT2D eigenvalue weighted by atomic mass is 9.94. The fourth-order valence-corrected chi connectivity index (χ4v) is 7.60. The maximum Gasteiger partial charge on any atom is 0.451 e. The molecule has 21 heteroatoms. The van der Waals surface area contributed by atoms with Crippen molar-refractivity contribution in [1.82, 2.24) is 25.3 Å². The number of aromatic nitrogens is 2. The van der Waals surface area contributed by atoms with Crippen LogP contribution in [0.15, 0.2) is 30.3 Å². The maximum absolute atomic E-state index is 14.0. The maximum atomic E-state index is 14.0. The normalized spacial score (nSPS) is 17.8. The summed E-state index contributed by atoms with van der Waals surface area (Å²) >= 11 is 0. The second-order valence-corrected chi connectivity index (χ2v) is 16.1. The van der Waals surface area contributed by atoms with Gasteiger partial charge in [-0.2, -0.15) is 26.9 Å². The first-order valence-electron chi connectivity index (χ1n) is 16.6. The van der Waals surface area contributed by atoms with Gasteiger partial charge in [-0.15, -0.1) is 0 Å². The first-order valence-corrected chi connectivity index (χ1v) is 19.9. The van der Waals surface area contributed by atoms with Gasteiger partial charge in [0.15, 0.2) is 0 Å². The van der Waals surface area contributed by atoms with E-state index in [4.69, 9.17) is 15.5 Å². The molecule has 0 aliphatic carbocycles. The molecular weight excluding hydrogens is 732 g/mol. The molecule has 2 saturated heterocycles. The van der Waals surface area contributed by atoms with Gasteiger partial charge in [0.05, 0.1) is 23.1 Å². The van der Waals surface area contributed by atoms with Gasteiger partial charge in [-0.25, -0.2) is 23.1 Å². The van der Waals surface area contributed by atoms with Crippen molar-refractivity contribution in [3.63, 3.8) is 0 Å². The second kappa shape index (κ2) is 17.6. The number of halogens is 3. The van der Waals surface area contributed by atoms with Gasteiger partial charge in [0.25, 0.3) is 10.1 Å². The van der Waals surface area contributed by atoms with E-state index in [0.29, 0.717) is 70.3 Å². The fourth-order valence-electron chi connectivity index (χ4n) is 6.05. The molecule has 2 amide bonds. The summed E-state index contributed by atoms with van der Waals surface area (Å²) in [5.74, 6) is -3.90. The number of sulfonamides is 1. The number of nitriles is 1. The van der Waals surface area contributed by atoms with Crippen LogP contribution in [0.5, 0.6) is 0 Å². The molecule has 2 atom stereocenters. The van der Waals surface area contributed by atoms with Gasteiger partial charge in [-0.1, -0.05) is 12.1 Å². The van der Waals surface area contributed by atoms with Crippen molar-refractivity contribution in [3.05, 3.63) is 47.3 Å². The largest absolute Gasteiger partial charge is 0.451 e. The third-order valence-corrected chi connectivity index (χ3v) is 11.0. The van der Waals surface area contributed by atoms with E-state index in [2.05, 4.69) is 25.3 Å². The quantitative estimate of drug-likeness (QED) is 0.147. The van der Waals surface area contributed by atoms with Crippen LogP contribution in [0.3, 0.4) is 0 Å².